The molecule has 4 aliphatic carbocycles. The molecule has 0 saturated carbocycles. The van der Waals surface area contributed by atoms with E-state index in [0.29, 0.717) is 0 Å². The zero-order valence-corrected chi connectivity index (χ0v) is 14.4. The molecular formula is C24H18N2. The van der Waals surface area contributed by atoms with E-state index in [9.17, 15) is 0 Å². The van der Waals surface area contributed by atoms with E-state index in [1.165, 1.54) is 22.3 Å². The molecule has 0 N–H and O–H groups in total. The lowest BCUT2D eigenvalue weighted by molar-refractivity contribution is 0.964. The summed E-state index contributed by atoms with van der Waals surface area (Å²) in [5.41, 5.74) is 9.26. The van der Waals surface area contributed by atoms with Gasteiger partial charge in [0.1, 0.15) is 0 Å². The van der Waals surface area contributed by atoms with Crippen molar-refractivity contribution in [2.24, 2.45) is 9.98 Å². The summed E-state index contributed by atoms with van der Waals surface area (Å²) >= 11 is 0. The Morgan fingerprint density at radius 3 is 1.12 bits per heavy atom. The topological polar surface area (TPSA) is 24.7 Å². The zero-order chi connectivity index (χ0) is 17.3. The van der Waals surface area contributed by atoms with Gasteiger partial charge in [0.15, 0.2) is 0 Å². The van der Waals surface area contributed by atoms with Gasteiger partial charge in [-0.2, -0.15) is 0 Å². The van der Waals surface area contributed by atoms with E-state index in [4.69, 9.17) is 9.98 Å². The third-order valence-electron chi connectivity index (χ3n) is 4.87. The van der Waals surface area contributed by atoms with Gasteiger partial charge in [-0.1, -0.05) is 60.7 Å². The third-order valence-corrected chi connectivity index (χ3v) is 4.87. The number of hydrogen-bond acceptors (Lipinski definition) is 2. The molecule has 0 saturated heterocycles. The number of aliphatic imine (C=N–C) groups is 2. The smallest absolute Gasteiger partial charge is 0.0906 e. The van der Waals surface area contributed by atoms with E-state index in [1.807, 2.05) is 0 Å². The maximum Gasteiger partial charge on any atom is 0.0906 e. The van der Waals surface area contributed by atoms with Crippen LogP contribution in [0.15, 0.2) is 94.9 Å². The van der Waals surface area contributed by atoms with E-state index < -0.39 is 0 Å². The van der Waals surface area contributed by atoms with E-state index in [0.717, 1.165) is 35.6 Å². The van der Waals surface area contributed by atoms with Gasteiger partial charge in [0.05, 0.1) is 24.5 Å². The van der Waals surface area contributed by atoms with Crippen LogP contribution in [0.2, 0.25) is 0 Å². The molecule has 0 fully saturated rings. The second-order valence-corrected chi connectivity index (χ2v) is 6.59. The molecule has 2 nitrogen and oxygen atoms in total. The highest BCUT2D eigenvalue weighted by Gasteiger charge is 2.21. The van der Waals surface area contributed by atoms with Crippen molar-refractivity contribution in [1.29, 1.82) is 0 Å². The summed E-state index contributed by atoms with van der Waals surface area (Å²) in [4.78, 5) is 9.67. The molecule has 26 heavy (non-hydrogen) atoms. The van der Waals surface area contributed by atoms with Crippen molar-refractivity contribution in [3.8, 4) is 22.3 Å². The highest BCUT2D eigenvalue weighted by Crippen LogP contribution is 2.29. The Hall–Kier alpha value is -3.26. The largest absolute Gasteiger partial charge is 0.281 e. The van der Waals surface area contributed by atoms with Crippen molar-refractivity contribution in [2.75, 3.05) is 13.1 Å². The third kappa shape index (κ3) is 2.60. The Morgan fingerprint density at radius 1 is 0.423 bits per heavy atom. The summed E-state index contributed by atoms with van der Waals surface area (Å²) in [5.74, 6) is 0. The lowest BCUT2D eigenvalue weighted by Crippen LogP contribution is -2.21. The summed E-state index contributed by atoms with van der Waals surface area (Å²) in [6.45, 7) is 1.51. The number of fused-ring (bicyclic) bond motifs is 2. The molecule has 0 radical (unpaired) electrons. The molecule has 1 heterocycles. The van der Waals surface area contributed by atoms with Crippen molar-refractivity contribution < 1.29 is 0 Å². The van der Waals surface area contributed by atoms with Crippen LogP contribution in [0.25, 0.3) is 22.3 Å². The van der Waals surface area contributed by atoms with Crippen LogP contribution in [-0.4, -0.2) is 24.5 Å². The molecule has 0 aromatic rings. The maximum absolute atomic E-state index is 4.84. The summed E-state index contributed by atoms with van der Waals surface area (Å²) in [5, 5.41) is 0. The average molecular weight is 334 g/mol. The minimum absolute atomic E-state index is 0.753. The first-order valence-corrected chi connectivity index (χ1v) is 8.96. The van der Waals surface area contributed by atoms with Crippen molar-refractivity contribution in [3.05, 3.63) is 96.1 Å². The van der Waals surface area contributed by atoms with E-state index in [1.54, 1.807) is 0 Å². The number of nitrogens with zero attached hydrogens (tertiary/aromatic N) is 2. The van der Waals surface area contributed by atoms with Crippen LogP contribution in [0, 0.1) is 0 Å². The molecule has 124 valence electrons. The van der Waals surface area contributed by atoms with E-state index >= 15 is 0 Å². The summed E-state index contributed by atoms with van der Waals surface area (Å²) < 4.78 is 0. The Bertz CT molecular complexity index is 940. The Labute approximate surface area is 153 Å². The van der Waals surface area contributed by atoms with E-state index in [-0.39, 0.29) is 0 Å². The fourth-order valence-electron chi connectivity index (χ4n) is 3.63. The predicted octanol–water partition coefficient (Wildman–Crippen LogP) is 5.19. The Morgan fingerprint density at radius 2 is 0.769 bits per heavy atom. The van der Waals surface area contributed by atoms with Gasteiger partial charge in [0, 0.05) is 11.1 Å². The van der Waals surface area contributed by atoms with Gasteiger partial charge in [0.2, 0.25) is 0 Å². The standard InChI is InChI=1S/C24H18N2/c1-3-7-17-13-21(14-18(17)8-4-1)23-24(26-12-11-25-23)22-15-19-9-5-2-6-10-20(19)16-22/h1-10,13-16H,11-12H2. The van der Waals surface area contributed by atoms with Gasteiger partial charge in [-0.05, 0) is 46.5 Å². The van der Waals surface area contributed by atoms with Crippen LogP contribution in [0.3, 0.4) is 0 Å². The fraction of sp³-hybridized carbons (Fsp3) is 0.0833. The predicted molar refractivity (Wildman–Crippen MR) is 109 cm³/mol. The van der Waals surface area contributed by atoms with Crippen LogP contribution < -0.4 is 0 Å². The molecule has 1 aliphatic heterocycles. The molecule has 0 atom stereocenters. The van der Waals surface area contributed by atoms with Gasteiger partial charge in [-0.25, -0.2) is 0 Å². The van der Waals surface area contributed by atoms with Gasteiger partial charge >= 0.3 is 0 Å². The van der Waals surface area contributed by atoms with Crippen LogP contribution in [-0.2, 0) is 0 Å². The quantitative estimate of drug-likeness (QED) is 0.482. The van der Waals surface area contributed by atoms with Crippen molar-refractivity contribution in [1.82, 2.24) is 0 Å². The van der Waals surface area contributed by atoms with Gasteiger partial charge < -0.3 is 0 Å². The SMILES string of the molecule is c1ccc2cc(C3=NCCN=C3c3cc4cccccc-4c3)cc-2cc1. The van der Waals surface area contributed by atoms with Gasteiger partial charge in [-0.15, -0.1) is 0 Å². The lowest BCUT2D eigenvalue weighted by atomic mass is 10.0. The number of hydrogen-bond donors (Lipinski definition) is 0. The first-order valence-electron chi connectivity index (χ1n) is 8.96. The lowest BCUT2D eigenvalue weighted by Gasteiger charge is -2.12. The minimum atomic E-state index is 0.753. The molecule has 0 aromatic heterocycles. The Balaban J connectivity index is 1.62. The minimum Gasteiger partial charge on any atom is -0.281 e. The molecule has 5 aliphatic rings. The summed E-state index contributed by atoms with van der Waals surface area (Å²) in [7, 11) is 0. The fourth-order valence-corrected chi connectivity index (χ4v) is 3.63. The van der Waals surface area contributed by atoms with Crippen LogP contribution >= 0.6 is 0 Å². The van der Waals surface area contributed by atoms with Crippen LogP contribution in [0.5, 0.6) is 0 Å². The summed E-state index contributed by atoms with van der Waals surface area (Å²) in [6.07, 6.45) is 0. The highest BCUT2D eigenvalue weighted by molar-refractivity contribution is 6.54. The molecular weight excluding hydrogens is 316 g/mol. The van der Waals surface area contributed by atoms with E-state index in [2.05, 4.69) is 84.9 Å². The first kappa shape index (κ1) is 15.0. The molecule has 0 aromatic carbocycles. The maximum atomic E-state index is 4.84. The van der Waals surface area contributed by atoms with Crippen molar-refractivity contribution >= 4 is 11.4 Å². The zero-order valence-electron chi connectivity index (χ0n) is 14.4. The first-order chi connectivity index (χ1) is 12.9. The molecule has 0 unspecified atom stereocenters. The average Bonchev–Trinajstić information content (AvgIpc) is 3.11. The highest BCUT2D eigenvalue weighted by atomic mass is 14.9. The molecule has 0 spiro atoms. The Kier molecular flexibility index (Phi) is 3.60. The van der Waals surface area contributed by atoms with Crippen molar-refractivity contribution in [2.45, 2.75) is 0 Å². The van der Waals surface area contributed by atoms with Crippen LogP contribution in [0.4, 0.5) is 0 Å². The van der Waals surface area contributed by atoms with Crippen molar-refractivity contribution in [3.63, 3.8) is 0 Å². The molecule has 0 amide bonds. The molecule has 0 bridgehead atoms. The monoisotopic (exact) mass is 334 g/mol. The summed E-state index contributed by atoms with van der Waals surface area (Å²) in [6, 6.07) is 29.9. The molecule has 5 rings (SSSR count). The second-order valence-electron chi connectivity index (χ2n) is 6.59. The second kappa shape index (κ2) is 6.23. The normalized spacial score (nSPS) is 14.3. The molecule has 2 heteroatoms. The van der Waals surface area contributed by atoms with Gasteiger partial charge in [-0.3, -0.25) is 9.98 Å². The van der Waals surface area contributed by atoms with Crippen LogP contribution in [0.1, 0.15) is 11.1 Å². The number of rotatable bonds is 2. The van der Waals surface area contributed by atoms with Gasteiger partial charge in [0.25, 0.3) is 0 Å².